The lowest BCUT2D eigenvalue weighted by atomic mass is 9.69. The summed E-state index contributed by atoms with van der Waals surface area (Å²) in [5, 5.41) is 0. The van der Waals surface area contributed by atoms with Gasteiger partial charge in [-0.15, -0.1) is 0 Å². The minimum absolute atomic E-state index is 0.0850. The number of rotatable bonds is 3. The van der Waals surface area contributed by atoms with Crippen LogP contribution in [0.25, 0.3) is 0 Å². The van der Waals surface area contributed by atoms with Crippen molar-refractivity contribution in [3.05, 3.63) is 35.4 Å². The van der Waals surface area contributed by atoms with E-state index in [0.29, 0.717) is 6.54 Å². The monoisotopic (exact) mass is 229 g/mol. The van der Waals surface area contributed by atoms with Gasteiger partial charge in [-0.2, -0.15) is 0 Å². The zero-order valence-electron chi connectivity index (χ0n) is 10.4. The first kappa shape index (κ1) is 12.1. The van der Waals surface area contributed by atoms with Gasteiger partial charge in [-0.1, -0.05) is 49.1 Å². The second kappa shape index (κ2) is 5.29. The van der Waals surface area contributed by atoms with Gasteiger partial charge >= 0.3 is 0 Å². The van der Waals surface area contributed by atoms with Gasteiger partial charge in [-0.3, -0.25) is 0 Å². The van der Waals surface area contributed by atoms with Gasteiger partial charge in [-0.05, 0) is 25.3 Å². The third-order valence-electron chi connectivity index (χ3n) is 3.89. The van der Waals surface area contributed by atoms with Crippen LogP contribution in [0.4, 0.5) is 0 Å². The van der Waals surface area contributed by atoms with Crippen LogP contribution in [-0.4, -0.2) is 12.6 Å². The highest BCUT2D eigenvalue weighted by Crippen LogP contribution is 2.39. The molecular weight excluding hydrogens is 210 g/mol. The molecule has 2 nitrogen and oxygen atoms in total. The molecule has 0 atom stereocenters. The minimum atomic E-state index is 0.0850. The molecule has 1 aliphatic carbocycles. The second-order valence-corrected chi connectivity index (χ2v) is 5.12. The molecule has 1 aliphatic rings. The van der Waals surface area contributed by atoms with E-state index in [9.17, 15) is 4.79 Å². The van der Waals surface area contributed by atoms with Crippen LogP contribution in [0.3, 0.4) is 0 Å². The summed E-state index contributed by atoms with van der Waals surface area (Å²) in [6.07, 6.45) is 7.76. The van der Waals surface area contributed by atoms with Gasteiger partial charge in [0.05, 0.1) is 6.54 Å². The molecular formula is C15H19NO. The molecule has 0 saturated heterocycles. The Labute approximate surface area is 103 Å². The summed E-state index contributed by atoms with van der Waals surface area (Å²) in [6.45, 7) is 2.71. The second-order valence-electron chi connectivity index (χ2n) is 5.12. The van der Waals surface area contributed by atoms with E-state index >= 15 is 0 Å². The summed E-state index contributed by atoms with van der Waals surface area (Å²) in [7, 11) is 0. The number of carbonyl (C=O) groups excluding carboxylic acids is 1. The maximum Gasteiger partial charge on any atom is 0.234 e. The summed E-state index contributed by atoms with van der Waals surface area (Å²) < 4.78 is 0. The Hall–Kier alpha value is -1.40. The van der Waals surface area contributed by atoms with Crippen molar-refractivity contribution in [2.75, 3.05) is 6.54 Å². The molecule has 1 aromatic rings. The van der Waals surface area contributed by atoms with Crippen molar-refractivity contribution < 1.29 is 4.79 Å². The molecule has 2 rings (SSSR count). The fourth-order valence-corrected chi connectivity index (χ4v) is 2.93. The van der Waals surface area contributed by atoms with Gasteiger partial charge in [0.25, 0.3) is 0 Å². The van der Waals surface area contributed by atoms with E-state index < -0.39 is 0 Å². The summed E-state index contributed by atoms with van der Waals surface area (Å²) in [5.41, 5.74) is 2.71. The Morgan fingerprint density at radius 1 is 1.29 bits per heavy atom. The van der Waals surface area contributed by atoms with Crippen molar-refractivity contribution in [3.63, 3.8) is 0 Å². The fraction of sp³-hybridized carbons (Fsp3) is 0.533. The van der Waals surface area contributed by atoms with Crippen molar-refractivity contribution in [2.45, 2.75) is 44.4 Å². The number of aliphatic imine (C=N–C) groups is 1. The summed E-state index contributed by atoms with van der Waals surface area (Å²) in [6, 6.07) is 8.64. The van der Waals surface area contributed by atoms with Crippen molar-refractivity contribution >= 4 is 6.08 Å². The summed E-state index contributed by atoms with van der Waals surface area (Å²) in [4.78, 5) is 14.3. The van der Waals surface area contributed by atoms with E-state index in [1.54, 1.807) is 6.08 Å². The maximum absolute atomic E-state index is 10.4. The van der Waals surface area contributed by atoms with Crippen LogP contribution < -0.4 is 0 Å². The maximum atomic E-state index is 10.4. The molecule has 0 aliphatic heterocycles. The molecule has 17 heavy (non-hydrogen) atoms. The Bertz CT molecular complexity index is 426. The van der Waals surface area contributed by atoms with Crippen LogP contribution in [0.1, 0.15) is 43.2 Å². The predicted octanol–water partition coefficient (Wildman–Crippen LogP) is 3.53. The van der Waals surface area contributed by atoms with Crippen LogP contribution in [-0.2, 0) is 10.2 Å². The molecule has 0 amide bonds. The zero-order chi connectivity index (χ0) is 12.1. The highest BCUT2D eigenvalue weighted by Gasteiger charge is 2.33. The molecule has 0 spiro atoms. The SMILES string of the molecule is Cc1cccc(C2(CN=C=O)CCCCC2)c1. The Kier molecular flexibility index (Phi) is 3.75. The lowest BCUT2D eigenvalue weighted by Crippen LogP contribution is -2.32. The molecule has 0 heterocycles. The standard InChI is InChI=1S/C15H19NO/c1-13-6-5-7-14(10-13)15(11-16-12-17)8-3-2-4-9-15/h5-7,10H,2-4,8-9,11H2,1H3. The van der Waals surface area contributed by atoms with Gasteiger partial charge in [0.1, 0.15) is 0 Å². The number of hydrogen-bond acceptors (Lipinski definition) is 2. The van der Waals surface area contributed by atoms with Crippen LogP contribution >= 0.6 is 0 Å². The van der Waals surface area contributed by atoms with Gasteiger partial charge in [0, 0.05) is 5.41 Å². The van der Waals surface area contributed by atoms with E-state index in [1.807, 2.05) is 0 Å². The highest BCUT2D eigenvalue weighted by molar-refractivity contribution is 5.36. The number of isocyanates is 1. The number of aryl methyl sites for hydroxylation is 1. The molecule has 1 aromatic carbocycles. The molecule has 1 fully saturated rings. The average Bonchev–Trinajstić information content (AvgIpc) is 2.37. The highest BCUT2D eigenvalue weighted by atomic mass is 16.1. The Balaban J connectivity index is 2.34. The smallest absolute Gasteiger partial charge is 0.211 e. The zero-order valence-corrected chi connectivity index (χ0v) is 10.4. The number of nitrogens with zero attached hydrogens (tertiary/aromatic N) is 1. The fourth-order valence-electron chi connectivity index (χ4n) is 2.93. The van der Waals surface area contributed by atoms with Gasteiger partial charge in [-0.25, -0.2) is 9.79 Å². The quantitative estimate of drug-likeness (QED) is 0.576. The normalized spacial score (nSPS) is 18.4. The molecule has 0 radical (unpaired) electrons. The molecule has 1 saturated carbocycles. The van der Waals surface area contributed by atoms with Crippen molar-refractivity contribution in [2.24, 2.45) is 4.99 Å². The third kappa shape index (κ3) is 2.65. The first-order valence-electron chi connectivity index (χ1n) is 6.38. The van der Waals surface area contributed by atoms with Crippen LogP contribution in [0.2, 0.25) is 0 Å². The Morgan fingerprint density at radius 2 is 2.06 bits per heavy atom. The van der Waals surface area contributed by atoms with Gasteiger partial charge in [0.15, 0.2) is 0 Å². The molecule has 0 bridgehead atoms. The minimum Gasteiger partial charge on any atom is -0.211 e. The van der Waals surface area contributed by atoms with E-state index in [0.717, 1.165) is 12.8 Å². The van der Waals surface area contributed by atoms with Gasteiger partial charge < -0.3 is 0 Å². The Morgan fingerprint density at radius 3 is 2.71 bits per heavy atom. The first-order valence-corrected chi connectivity index (χ1v) is 6.38. The average molecular weight is 229 g/mol. The predicted molar refractivity (Wildman–Crippen MR) is 68.9 cm³/mol. The van der Waals surface area contributed by atoms with Crippen molar-refractivity contribution in [1.29, 1.82) is 0 Å². The molecule has 0 N–H and O–H groups in total. The molecule has 2 heteroatoms. The summed E-state index contributed by atoms with van der Waals surface area (Å²) in [5.74, 6) is 0. The van der Waals surface area contributed by atoms with Crippen LogP contribution in [0, 0.1) is 6.92 Å². The van der Waals surface area contributed by atoms with E-state index in [2.05, 4.69) is 36.2 Å². The molecule has 90 valence electrons. The number of hydrogen-bond donors (Lipinski definition) is 0. The number of benzene rings is 1. The largest absolute Gasteiger partial charge is 0.234 e. The topological polar surface area (TPSA) is 29.4 Å². The van der Waals surface area contributed by atoms with Crippen molar-refractivity contribution in [3.8, 4) is 0 Å². The lowest BCUT2D eigenvalue weighted by Gasteiger charge is -2.36. The molecule has 0 aromatic heterocycles. The van der Waals surface area contributed by atoms with Crippen LogP contribution in [0.5, 0.6) is 0 Å². The first-order chi connectivity index (χ1) is 8.27. The molecule has 0 unspecified atom stereocenters. The van der Waals surface area contributed by atoms with E-state index in [-0.39, 0.29) is 5.41 Å². The third-order valence-corrected chi connectivity index (χ3v) is 3.89. The van der Waals surface area contributed by atoms with Crippen molar-refractivity contribution in [1.82, 2.24) is 0 Å². The van der Waals surface area contributed by atoms with E-state index in [4.69, 9.17) is 0 Å². The van der Waals surface area contributed by atoms with Crippen LogP contribution in [0.15, 0.2) is 29.3 Å². The lowest BCUT2D eigenvalue weighted by molar-refractivity contribution is 0.301. The summed E-state index contributed by atoms with van der Waals surface area (Å²) >= 11 is 0. The van der Waals surface area contributed by atoms with E-state index in [1.165, 1.54) is 30.4 Å². The van der Waals surface area contributed by atoms with Gasteiger partial charge in [0.2, 0.25) is 6.08 Å².